The Labute approximate surface area is 133 Å². The second kappa shape index (κ2) is 6.08. The SMILES string of the molecule is CCN1CCN(C(=O)c2nn(C)c3ccc(F)cc3c2=O)CC1. The van der Waals surface area contributed by atoms with E-state index in [1.807, 2.05) is 0 Å². The van der Waals surface area contributed by atoms with Crippen LogP contribution in [0.4, 0.5) is 4.39 Å². The fourth-order valence-electron chi connectivity index (χ4n) is 2.91. The molecule has 0 saturated carbocycles. The molecule has 23 heavy (non-hydrogen) atoms. The average Bonchev–Trinajstić information content (AvgIpc) is 2.57. The summed E-state index contributed by atoms with van der Waals surface area (Å²) in [6, 6.07) is 3.92. The van der Waals surface area contributed by atoms with Gasteiger partial charge in [-0.05, 0) is 24.7 Å². The summed E-state index contributed by atoms with van der Waals surface area (Å²) in [7, 11) is 1.64. The smallest absolute Gasteiger partial charge is 0.278 e. The number of halogens is 1. The molecule has 0 spiro atoms. The van der Waals surface area contributed by atoms with Crippen molar-refractivity contribution < 1.29 is 9.18 Å². The molecule has 0 N–H and O–H groups in total. The van der Waals surface area contributed by atoms with E-state index < -0.39 is 11.2 Å². The molecule has 0 bridgehead atoms. The van der Waals surface area contributed by atoms with Crippen LogP contribution in [0.25, 0.3) is 10.9 Å². The second-order valence-corrected chi connectivity index (χ2v) is 5.69. The Bertz CT molecular complexity index is 810. The summed E-state index contributed by atoms with van der Waals surface area (Å²) in [6.07, 6.45) is 0. The van der Waals surface area contributed by atoms with Gasteiger partial charge in [-0.2, -0.15) is 5.10 Å². The normalized spacial score (nSPS) is 16.0. The quantitative estimate of drug-likeness (QED) is 0.824. The van der Waals surface area contributed by atoms with Crippen LogP contribution in [0.3, 0.4) is 0 Å². The number of aryl methyl sites for hydroxylation is 1. The molecular weight excluding hydrogens is 299 g/mol. The van der Waals surface area contributed by atoms with Crippen LogP contribution in [0.5, 0.6) is 0 Å². The zero-order valence-electron chi connectivity index (χ0n) is 13.3. The number of hydrogen-bond donors (Lipinski definition) is 0. The maximum Gasteiger partial charge on any atom is 0.278 e. The first-order valence-electron chi connectivity index (χ1n) is 7.69. The lowest BCUT2D eigenvalue weighted by molar-refractivity contribution is 0.0634. The monoisotopic (exact) mass is 318 g/mol. The van der Waals surface area contributed by atoms with Gasteiger partial charge in [0.05, 0.1) is 10.9 Å². The lowest BCUT2D eigenvalue weighted by atomic mass is 10.1. The van der Waals surface area contributed by atoms with Gasteiger partial charge in [-0.3, -0.25) is 14.3 Å². The molecule has 7 heteroatoms. The number of carbonyl (C=O) groups is 1. The minimum Gasteiger partial charge on any atom is -0.335 e. The third-order valence-electron chi connectivity index (χ3n) is 4.33. The molecular formula is C16H19FN4O2. The summed E-state index contributed by atoms with van der Waals surface area (Å²) in [6.45, 7) is 5.72. The molecule has 0 atom stereocenters. The standard InChI is InChI=1S/C16H19FN4O2/c1-3-20-6-8-21(9-7-20)16(23)14-15(22)12-10-11(17)4-5-13(12)19(2)18-14/h4-5,10H,3,6-9H2,1-2H3. The molecule has 1 fully saturated rings. The maximum atomic E-state index is 13.4. The molecule has 3 rings (SSSR count). The Morgan fingerprint density at radius 2 is 1.96 bits per heavy atom. The molecule has 1 saturated heterocycles. The largest absolute Gasteiger partial charge is 0.335 e. The van der Waals surface area contributed by atoms with Crippen molar-refractivity contribution in [2.75, 3.05) is 32.7 Å². The van der Waals surface area contributed by atoms with Crippen LogP contribution in [-0.2, 0) is 7.05 Å². The molecule has 0 unspecified atom stereocenters. The summed E-state index contributed by atoms with van der Waals surface area (Å²) < 4.78 is 14.9. The van der Waals surface area contributed by atoms with Gasteiger partial charge in [0.15, 0.2) is 5.69 Å². The Balaban J connectivity index is 1.98. The van der Waals surface area contributed by atoms with Crippen molar-refractivity contribution in [2.24, 2.45) is 7.05 Å². The van der Waals surface area contributed by atoms with E-state index >= 15 is 0 Å². The Hall–Kier alpha value is -2.28. The Morgan fingerprint density at radius 3 is 2.61 bits per heavy atom. The van der Waals surface area contributed by atoms with Crippen LogP contribution in [0.2, 0.25) is 0 Å². The Kier molecular flexibility index (Phi) is 4.12. The summed E-state index contributed by atoms with van der Waals surface area (Å²) in [4.78, 5) is 29.1. The molecule has 1 aliphatic rings. The summed E-state index contributed by atoms with van der Waals surface area (Å²) >= 11 is 0. The number of aromatic nitrogens is 2. The zero-order chi connectivity index (χ0) is 16.6. The second-order valence-electron chi connectivity index (χ2n) is 5.69. The number of hydrogen-bond acceptors (Lipinski definition) is 4. The average molecular weight is 318 g/mol. The van der Waals surface area contributed by atoms with Gasteiger partial charge >= 0.3 is 0 Å². The minimum atomic E-state index is -0.513. The molecule has 2 heterocycles. The fraction of sp³-hybridized carbons (Fsp3) is 0.438. The molecule has 1 amide bonds. The first kappa shape index (κ1) is 15.6. The van der Waals surface area contributed by atoms with E-state index in [0.717, 1.165) is 25.7 Å². The predicted octanol–water partition coefficient (Wildman–Crippen LogP) is 0.850. The summed E-state index contributed by atoms with van der Waals surface area (Å²) in [5, 5.41) is 4.30. The van der Waals surface area contributed by atoms with Gasteiger partial charge in [0.1, 0.15) is 5.82 Å². The van der Waals surface area contributed by atoms with Crippen LogP contribution in [-0.4, -0.2) is 58.2 Å². The van der Waals surface area contributed by atoms with Crippen LogP contribution in [0.1, 0.15) is 17.4 Å². The van der Waals surface area contributed by atoms with E-state index in [9.17, 15) is 14.0 Å². The van der Waals surface area contributed by atoms with Gasteiger partial charge in [-0.15, -0.1) is 0 Å². The minimum absolute atomic E-state index is 0.143. The van der Waals surface area contributed by atoms with Crippen molar-refractivity contribution in [1.29, 1.82) is 0 Å². The first-order valence-corrected chi connectivity index (χ1v) is 7.69. The molecule has 122 valence electrons. The van der Waals surface area contributed by atoms with Gasteiger partial charge in [0.25, 0.3) is 5.91 Å². The van der Waals surface area contributed by atoms with Gasteiger partial charge < -0.3 is 9.80 Å². The number of likely N-dealkylation sites (N-methyl/N-ethyl adjacent to an activating group) is 1. The third kappa shape index (κ3) is 2.84. The third-order valence-corrected chi connectivity index (χ3v) is 4.33. The molecule has 0 aliphatic carbocycles. The van der Waals surface area contributed by atoms with Crippen LogP contribution < -0.4 is 5.43 Å². The fourth-order valence-corrected chi connectivity index (χ4v) is 2.91. The number of piperazine rings is 1. The van der Waals surface area contributed by atoms with E-state index in [1.165, 1.54) is 16.8 Å². The maximum absolute atomic E-state index is 13.4. The van der Waals surface area contributed by atoms with Crippen LogP contribution in [0, 0.1) is 5.82 Å². The van der Waals surface area contributed by atoms with Gasteiger partial charge in [-0.1, -0.05) is 6.92 Å². The molecule has 2 aromatic rings. The van der Waals surface area contributed by atoms with E-state index in [-0.39, 0.29) is 17.0 Å². The number of benzene rings is 1. The highest BCUT2D eigenvalue weighted by atomic mass is 19.1. The highest BCUT2D eigenvalue weighted by Gasteiger charge is 2.25. The number of amides is 1. The van der Waals surface area contributed by atoms with Crippen molar-refractivity contribution >= 4 is 16.8 Å². The molecule has 1 aromatic heterocycles. The molecule has 1 aliphatic heterocycles. The van der Waals surface area contributed by atoms with Crippen LogP contribution in [0.15, 0.2) is 23.0 Å². The summed E-state index contributed by atoms with van der Waals surface area (Å²) in [5.74, 6) is -0.886. The van der Waals surface area contributed by atoms with E-state index in [0.29, 0.717) is 18.6 Å². The zero-order valence-corrected chi connectivity index (χ0v) is 13.3. The van der Waals surface area contributed by atoms with Crippen molar-refractivity contribution in [1.82, 2.24) is 19.6 Å². The number of fused-ring (bicyclic) bond motifs is 1. The van der Waals surface area contributed by atoms with Gasteiger partial charge in [0, 0.05) is 33.2 Å². The number of rotatable bonds is 2. The van der Waals surface area contributed by atoms with E-state index in [1.54, 1.807) is 11.9 Å². The van der Waals surface area contributed by atoms with Crippen molar-refractivity contribution in [2.45, 2.75) is 6.92 Å². The topological polar surface area (TPSA) is 58.4 Å². The molecule has 1 aromatic carbocycles. The van der Waals surface area contributed by atoms with Crippen molar-refractivity contribution in [3.05, 3.63) is 39.9 Å². The van der Waals surface area contributed by atoms with Crippen molar-refractivity contribution in [3.8, 4) is 0 Å². The first-order chi connectivity index (χ1) is 11.0. The summed E-state index contributed by atoms with van der Waals surface area (Å²) in [5.41, 5.74) is -0.153. The van der Waals surface area contributed by atoms with Gasteiger partial charge in [-0.25, -0.2) is 4.39 Å². The number of carbonyl (C=O) groups excluding carboxylic acids is 1. The van der Waals surface area contributed by atoms with Crippen molar-refractivity contribution in [3.63, 3.8) is 0 Å². The van der Waals surface area contributed by atoms with E-state index in [4.69, 9.17) is 0 Å². The Morgan fingerprint density at radius 1 is 1.26 bits per heavy atom. The molecule has 6 nitrogen and oxygen atoms in total. The number of nitrogens with zero attached hydrogens (tertiary/aromatic N) is 4. The highest BCUT2D eigenvalue weighted by molar-refractivity contribution is 5.95. The van der Waals surface area contributed by atoms with E-state index in [2.05, 4.69) is 16.9 Å². The lowest BCUT2D eigenvalue weighted by Gasteiger charge is -2.33. The highest BCUT2D eigenvalue weighted by Crippen LogP contribution is 2.12. The molecule has 0 radical (unpaired) electrons. The van der Waals surface area contributed by atoms with Crippen LogP contribution >= 0.6 is 0 Å². The lowest BCUT2D eigenvalue weighted by Crippen LogP contribution is -2.49. The van der Waals surface area contributed by atoms with Gasteiger partial charge in [0.2, 0.25) is 5.43 Å². The predicted molar refractivity (Wildman–Crippen MR) is 85.0 cm³/mol.